The summed E-state index contributed by atoms with van der Waals surface area (Å²) < 4.78 is 5.13. The van der Waals surface area contributed by atoms with Crippen LogP contribution in [0.1, 0.15) is 5.56 Å². The number of methoxy groups -OCH3 is 1. The van der Waals surface area contributed by atoms with Crippen LogP contribution in [0.3, 0.4) is 0 Å². The van der Waals surface area contributed by atoms with Gasteiger partial charge in [-0.1, -0.05) is 17.7 Å². The number of halogens is 1. The second-order valence-electron chi connectivity index (χ2n) is 6.56. The smallest absolute Gasteiger partial charge is 0.224 e. The predicted molar refractivity (Wildman–Crippen MR) is 93.2 cm³/mol. The fourth-order valence-corrected chi connectivity index (χ4v) is 3.45. The van der Waals surface area contributed by atoms with Gasteiger partial charge in [0.15, 0.2) is 0 Å². The summed E-state index contributed by atoms with van der Waals surface area (Å²) in [6.45, 7) is 2.88. The summed E-state index contributed by atoms with van der Waals surface area (Å²) in [7, 11) is 7.81. The zero-order valence-electron chi connectivity index (χ0n) is 14.3. The van der Waals surface area contributed by atoms with E-state index in [2.05, 4.69) is 36.3 Å². The van der Waals surface area contributed by atoms with Gasteiger partial charge in [-0.15, -0.1) is 0 Å². The third-order valence-electron chi connectivity index (χ3n) is 4.15. The Morgan fingerprint density at radius 3 is 2.78 bits per heavy atom. The zero-order chi connectivity index (χ0) is 17.0. The molecule has 1 fully saturated rings. The number of hydrogen-bond donors (Lipinski definition) is 1. The Kier molecular flexibility index (Phi) is 6.27. The molecule has 0 aromatic heterocycles. The second kappa shape index (κ2) is 7.99. The molecule has 23 heavy (non-hydrogen) atoms. The largest absolute Gasteiger partial charge is 0.495 e. The molecule has 1 heterocycles. The summed E-state index contributed by atoms with van der Waals surface area (Å²) in [4.78, 5) is 16.8. The summed E-state index contributed by atoms with van der Waals surface area (Å²) in [6, 6.07) is 5.66. The van der Waals surface area contributed by atoms with E-state index in [1.54, 1.807) is 19.2 Å². The highest BCUT2D eigenvalue weighted by atomic mass is 35.5. The summed E-state index contributed by atoms with van der Waals surface area (Å²) in [5.74, 6) is 1.12. The molecule has 128 valence electrons. The SMILES string of the molecule is COc1ccc(CC(=O)N[C@@H]2CN(C)C[C@H]2CN(C)C)cc1Cl. The highest BCUT2D eigenvalue weighted by molar-refractivity contribution is 6.32. The number of carbonyl (C=O) groups excluding carboxylic acids is 1. The first-order chi connectivity index (χ1) is 10.9. The third-order valence-corrected chi connectivity index (χ3v) is 4.45. The molecular formula is C17H26ClN3O2. The lowest BCUT2D eigenvalue weighted by Gasteiger charge is -2.23. The molecule has 1 amide bonds. The molecule has 0 bridgehead atoms. The van der Waals surface area contributed by atoms with Crippen LogP contribution in [0.4, 0.5) is 0 Å². The molecule has 6 heteroatoms. The van der Waals surface area contributed by atoms with E-state index in [1.165, 1.54) is 0 Å². The summed E-state index contributed by atoms with van der Waals surface area (Å²) in [6.07, 6.45) is 0.332. The van der Waals surface area contributed by atoms with Crippen LogP contribution in [0.5, 0.6) is 5.75 Å². The van der Waals surface area contributed by atoms with Crippen LogP contribution in [-0.4, -0.2) is 69.6 Å². The second-order valence-corrected chi connectivity index (χ2v) is 6.97. The average Bonchev–Trinajstić information content (AvgIpc) is 2.77. The maximum Gasteiger partial charge on any atom is 0.224 e. The van der Waals surface area contributed by atoms with Crippen molar-refractivity contribution in [1.82, 2.24) is 15.1 Å². The van der Waals surface area contributed by atoms with Crippen molar-refractivity contribution in [3.05, 3.63) is 28.8 Å². The van der Waals surface area contributed by atoms with Gasteiger partial charge >= 0.3 is 0 Å². The van der Waals surface area contributed by atoms with Crippen molar-refractivity contribution in [3.63, 3.8) is 0 Å². The van der Waals surface area contributed by atoms with Gasteiger partial charge in [0.25, 0.3) is 0 Å². The molecule has 1 N–H and O–H groups in total. The Balaban J connectivity index is 1.94. The Hall–Kier alpha value is -1.30. The quantitative estimate of drug-likeness (QED) is 0.853. The number of likely N-dealkylation sites (tertiary alicyclic amines) is 1. The van der Waals surface area contributed by atoms with E-state index in [-0.39, 0.29) is 11.9 Å². The lowest BCUT2D eigenvalue weighted by molar-refractivity contribution is -0.121. The van der Waals surface area contributed by atoms with Crippen LogP contribution in [0.2, 0.25) is 5.02 Å². The van der Waals surface area contributed by atoms with Gasteiger partial charge in [-0.2, -0.15) is 0 Å². The van der Waals surface area contributed by atoms with Crippen LogP contribution in [0.25, 0.3) is 0 Å². The first kappa shape index (κ1) is 18.0. The van der Waals surface area contributed by atoms with Crippen molar-refractivity contribution in [2.75, 3.05) is 47.9 Å². The normalized spacial score (nSPS) is 21.7. The minimum atomic E-state index is 0.0373. The fourth-order valence-electron chi connectivity index (χ4n) is 3.17. The van der Waals surface area contributed by atoms with Crippen LogP contribution in [0.15, 0.2) is 18.2 Å². The van der Waals surface area contributed by atoms with Gasteiger partial charge < -0.3 is 19.9 Å². The van der Waals surface area contributed by atoms with E-state index in [0.717, 1.165) is 25.2 Å². The molecular weight excluding hydrogens is 314 g/mol. The van der Waals surface area contributed by atoms with Crippen LogP contribution in [-0.2, 0) is 11.2 Å². The molecule has 0 aliphatic carbocycles. The van der Waals surface area contributed by atoms with Crippen molar-refractivity contribution in [3.8, 4) is 5.75 Å². The van der Waals surface area contributed by atoms with Crippen LogP contribution in [0, 0.1) is 5.92 Å². The van der Waals surface area contributed by atoms with Crippen molar-refractivity contribution >= 4 is 17.5 Å². The molecule has 1 aromatic rings. The number of nitrogens with zero attached hydrogens (tertiary/aromatic N) is 2. The third kappa shape index (κ3) is 5.09. The fraction of sp³-hybridized carbons (Fsp3) is 0.588. The number of amides is 1. The van der Waals surface area contributed by atoms with Crippen molar-refractivity contribution in [2.45, 2.75) is 12.5 Å². The first-order valence-electron chi connectivity index (χ1n) is 7.84. The number of rotatable bonds is 6. The van der Waals surface area contributed by atoms with Gasteiger partial charge in [-0.05, 0) is 38.8 Å². The van der Waals surface area contributed by atoms with Gasteiger partial charge in [-0.25, -0.2) is 0 Å². The van der Waals surface area contributed by atoms with E-state index in [0.29, 0.717) is 23.1 Å². The molecule has 0 saturated carbocycles. The summed E-state index contributed by atoms with van der Waals surface area (Å²) in [5.41, 5.74) is 0.892. The highest BCUT2D eigenvalue weighted by Crippen LogP contribution is 2.25. The van der Waals surface area contributed by atoms with E-state index in [9.17, 15) is 4.79 Å². The average molecular weight is 340 g/mol. The molecule has 2 rings (SSSR count). The summed E-state index contributed by atoms with van der Waals surface area (Å²) >= 11 is 6.11. The predicted octanol–water partition coefficient (Wildman–Crippen LogP) is 1.50. The summed E-state index contributed by atoms with van der Waals surface area (Å²) in [5, 5.41) is 3.71. The molecule has 0 unspecified atom stereocenters. The number of ether oxygens (including phenoxy) is 1. The minimum Gasteiger partial charge on any atom is -0.495 e. The number of hydrogen-bond acceptors (Lipinski definition) is 4. The maximum atomic E-state index is 12.4. The molecule has 0 spiro atoms. The van der Waals surface area contributed by atoms with Gasteiger partial charge in [0.1, 0.15) is 5.75 Å². The van der Waals surface area contributed by atoms with Gasteiger partial charge in [-0.3, -0.25) is 4.79 Å². The number of benzene rings is 1. The van der Waals surface area contributed by atoms with E-state index >= 15 is 0 Å². The Bertz CT molecular complexity index is 551. The van der Waals surface area contributed by atoms with Gasteiger partial charge in [0.2, 0.25) is 5.91 Å². The molecule has 1 aliphatic heterocycles. The standard InChI is InChI=1S/C17H26ClN3O2/c1-20(2)9-13-10-21(3)11-15(13)19-17(22)8-12-5-6-16(23-4)14(18)7-12/h5-7,13,15H,8-11H2,1-4H3,(H,19,22)/t13-,15-/m1/s1. The maximum absolute atomic E-state index is 12.4. The molecule has 0 radical (unpaired) electrons. The molecule has 5 nitrogen and oxygen atoms in total. The lowest BCUT2D eigenvalue weighted by atomic mass is 10.0. The minimum absolute atomic E-state index is 0.0373. The van der Waals surface area contributed by atoms with Gasteiger partial charge in [0, 0.05) is 31.6 Å². The number of nitrogens with one attached hydrogen (secondary N) is 1. The lowest BCUT2D eigenvalue weighted by Crippen LogP contribution is -2.43. The van der Waals surface area contributed by atoms with E-state index in [4.69, 9.17) is 16.3 Å². The number of likely N-dealkylation sites (N-methyl/N-ethyl adjacent to an activating group) is 1. The zero-order valence-corrected chi connectivity index (χ0v) is 15.1. The van der Waals surface area contributed by atoms with Crippen LogP contribution >= 0.6 is 11.6 Å². The van der Waals surface area contributed by atoms with E-state index in [1.807, 2.05) is 6.07 Å². The first-order valence-corrected chi connectivity index (χ1v) is 8.22. The Morgan fingerprint density at radius 1 is 1.43 bits per heavy atom. The number of carbonyl (C=O) groups is 1. The topological polar surface area (TPSA) is 44.8 Å². The van der Waals surface area contributed by atoms with Gasteiger partial charge in [0.05, 0.1) is 18.6 Å². The molecule has 1 aromatic carbocycles. The Labute approximate surface area is 143 Å². The molecule has 1 aliphatic rings. The van der Waals surface area contributed by atoms with Crippen LogP contribution < -0.4 is 10.1 Å². The Morgan fingerprint density at radius 2 is 2.17 bits per heavy atom. The molecule has 1 saturated heterocycles. The molecule has 2 atom stereocenters. The van der Waals surface area contributed by atoms with Crippen molar-refractivity contribution in [1.29, 1.82) is 0 Å². The van der Waals surface area contributed by atoms with Crippen molar-refractivity contribution < 1.29 is 9.53 Å². The monoisotopic (exact) mass is 339 g/mol. The highest BCUT2D eigenvalue weighted by Gasteiger charge is 2.32. The van der Waals surface area contributed by atoms with Crippen molar-refractivity contribution in [2.24, 2.45) is 5.92 Å². The van der Waals surface area contributed by atoms with E-state index < -0.39 is 0 Å².